The molecule has 0 saturated heterocycles. The van der Waals surface area contributed by atoms with E-state index in [9.17, 15) is 0 Å². The second-order valence-corrected chi connectivity index (χ2v) is 4.22. The predicted molar refractivity (Wildman–Crippen MR) is 71.5 cm³/mol. The van der Waals surface area contributed by atoms with Crippen molar-refractivity contribution in [2.24, 2.45) is 0 Å². The van der Waals surface area contributed by atoms with Gasteiger partial charge in [0.25, 0.3) is 0 Å². The van der Waals surface area contributed by atoms with E-state index in [2.05, 4.69) is 22.2 Å². The Labute approximate surface area is 105 Å². The van der Waals surface area contributed by atoms with Crippen LogP contribution in [-0.2, 0) is 6.54 Å². The molecule has 1 N–H and O–H groups in total. The first kappa shape index (κ1) is 10.8. The molecule has 0 spiro atoms. The van der Waals surface area contributed by atoms with E-state index in [0.717, 1.165) is 18.0 Å². The van der Waals surface area contributed by atoms with Gasteiger partial charge in [-0.25, -0.2) is 4.98 Å². The summed E-state index contributed by atoms with van der Waals surface area (Å²) in [6, 6.07) is 8.08. The van der Waals surface area contributed by atoms with E-state index >= 15 is 0 Å². The molecule has 0 aromatic carbocycles. The predicted octanol–water partition coefficient (Wildman–Crippen LogP) is 2.65. The number of pyridine rings is 2. The van der Waals surface area contributed by atoms with Gasteiger partial charge in [0.2, 0.25) is 0 Å². The normalized spacial score (nSPS) is 10.7. The fourth-order valence-electron chi connectivity index (χ4n) is 1.98. The SMILES string of the molecule is Cc1cnccc1CNc1cccc2nccn12. The second kappa shape index (κ2) is 4.49. The molecule has 0 atom stereocenters. The molecule has 3 heterocycles. The van der Waals surface area contributed by atoms with Gasteiger partial charge in [-0.15, -0.1) is 0 Å². The highest BCUT2D eigenvalue weighted by atomic mass is 15.1. The topological polar surface area (TPSA) is 42.2 Å². The molecule has 4 heteroatoms. The number of aryl methyl sites for hydroxylation is 1. The molecule has 0 bridgehead atoms. The van der Waals surface area contributed by atoms with E-state index in [1.807, 2.05) is 47.3 Å². The molecule has 0 aliphatic heterocycles. The summed E-state index contributed by atoms with van der Waals surface area (Å²) in [7, 11) is 0. The number of imidazole rings is 1. The smallest absolute Gasteiger partial charge is 0.138 e. The molecule has 3 aromatic heterocycles. The highest BCUT2D eigenvalue weighted by molar-refractivity contribution is 5.50. The van der Waals surface area contributed by atoms with Crippen molar-refractivity contribution in [2.45, 2.75) is 13.5 Å². The van der Waals surface area contributed by atoms with Crippen LogP contribution >= 0.6 is 0 Å². The molecule has 90 valence electrons. The molecule has 0 amide bonds. The molecule has 4 nitrogen and oxygen atoms in total. The van der Waals surface area contributed by atoms with E-state index in [1.165, 1.54) is 11.1 Å². The Balaban J connectivity index is 1.85. The van der Waals surface area contributed by atoms with Crippen molar-refractivity contribution < 1.29 is 0 Å². The van der Waals surface area contributed by atoms with Gasteiger partial charge in [0.05, 0.1) is 0 Å². The first-order valence-electron chi connectivity index (χ1n) is 5.90. The van der Waals surface area contributed by atoms with Gasteiger partial charge in [0.15, 0.2) is 0 Å². The third-order valence-corrected chi connectivity index (χ3v) is 3.02. The van der Waals surface area contributed by atoms with Gasteiger partial charge in [-0.3, -0.25) is 9.38 Å². The first-order chi connectivity index (χ1) is 8.84. The van der Waals surface area contributed by atoms with Crippen LogP contribution in [0.2, 0.25) is 0 Å². The lowest BCUT2D eigenvalue weighted by Gasteiger charge is -2.10. The summed E-state index contributed by atoms with van der Waals surface area (Å²) >= 11 is 0. The second-order valence-electron chi connectivity index (χ2n) is 4.22. The number of anilines is 1. The van der Waals surface area contributed by atoms with Crippen molar-refractivity contribution in [3.05, 3.63) is 60.2 Å². The zero-order valence-corrected chi connectivity index (χ0v) is 10.2. The standard InChI is InChI=1S/C14H14N4/c1-11-9-15-6-5-12(11)10-17-14-4-2-3-13-16-7-8-18(13)14/h2-9,17H,10H2,1H3. The summed E-state index contributed by atoms with van der Waals surface area (Å²) in [5.41, 5.74) is 3.40. The number of rotatable bonds is 3. The van der Waals surface area contributed by atoms with Crippen LogP contribution in [0.15, 0.2) is 49.1 Å². The Hall–Kier alpha value is -2.36. The van der Waals surface area contributed by atoms with Crippen molar-refractivity contribution in [3.8, 4) is 0 Å². The maximum absolute atomic E-state index is 4.26. The van der Waals surface area contributed by atoms with Crippen LogP contribution in [0.1, 0.15) is 11.1 Å². The average Bonchev–Trinajstić information content (AvgIpc) is 2.86. The average molecular weight is 238 g/mol. The molecule has 3 rings (SSSR count). The van der Waals surface area contributed by atoms with Crippen molar-refractivity contribution in [3.63, 3.8) is 0 Å². The third kappa shape index (κ3) is 1.93. The fraction of sp³-hybridized carbons (Fsp3) is 0.143. The van der Waals surface area contributed by atoms with Crippen LogP contribution in [0.3, 0.4) is 0 Å². The minimum atomic E-state index is 0.783. The first-order valence-corrected chi connectivity index (χ1v) is 5.90. The number of hydrogen-bond acceptors (Lipinski definition) is 3. The lowest BCUT2D eigenvalue weighted by molar-refractivity contribution is 1.05. The molecular weight excluding hydrogens is 224 g/mol. The summed E-state index contributed by atoms with van der Waals surface area (Å²) < 4.78 is 2.04. The molecule has 0 aliphatic rings. The van der Waals surface area contributed by atoms with E-state index in [1.54, 1.807) is 6.20 Å². The Morgan fingerprint density at radius 3 is 3.06 bits per heavy atom. The number of hydrogen-bond donors (Lipinski definition) is 1. The van der Waals surface area contributed by atoms with E-state index in [-0.39, 0.29) is 0 Å². The van der Waals surface area contributed by atoms with Crippen LogP contribution in [0.25, 0.3) is 5.65 Å². The van der Waals surface area contributed by atoms with Gasteiger partial charge >= 0.3 is 0 Å². The van der Waals surface area contributed by atoms with Gasteiger partial charge in [0, 0.05) is 31.3 Å². The highest BCUT2D eigenvalue weighted by Crippen LogP contribution is 2.13. The Morgan fingerprint density at radius 1 is 1.22 bits per heavy atom. The molecule has 18 heavy (non-hydrogen) atoms. The number of fused-ring (bicyclic) bond motifs is 1. The van der Waals surface area contributed by atoms with E-state index in [4.69, 9.17) is 0 Å². The Kier molecular flexibility index (Phi) is 2.68. The van der Waals surface area contributed by atoms with E-state index < -0.39 is 0 Å². The Morgan fingerprint density at radius 2 is 2.17 bits per heavy atom. The molecule has 0 radical (unpaired) electrons. The van der Waals surface area contributed by atoms with Gasteiger partial charge < -0.3 is 5.32 Å². The number of aromatic nitrogens is 3. The number of nitrogens with zero attached hydrogens (tertiary/aromatic N) is 3. The monoisotopic (exact) mass is 238 g/mol. The van der Waals surface area contributed by atoms with Crippen molar-refractivity contribution in [2.75, 3.05) is 5.32 Å². The van der Waals surface area contributed by atoms with Gasteiger partial charge in [-0.1, -0.05) is 6.07 Å². The summed E-state index contributed by atoms with van der Waals surface area (Å²) in [5, 5.41) is 3.43. The quantitative estimate of drug-likeness (QED) is 0.762. The molecule has 0 fully saturated rings. The largest absolute Gasteiger partial charge is 0.367 e. The van der Waals surface area contributed by atoms with Crippen LogP contribution in [0, 0.1) is 6.92 Å². The van der Waals surface area contributed by atoms with Crippen molar-refractivity contribution >= 4 is 11.5 Å². The van der Waals surface area contributed by atoms with Crippen LogP contribution in [0.4, 0.5) is 5.82 Å². The van der Waals surface area contributed by atoms with Gasteiger partial charge in [-0.05, 0) is 36.2 Å². The number of nitrogens with one attached hydrogen (secondary N) is 1. The van der Waals surface area contributed by atoms with Crippen LogP contribution in [0.5, 0.6) is 0 Å². The lowest BCUT2D eigenvalue weighted by atomic mass is 10.1. The van der Waals surface area contributed by atoms with Crippen molar-refractivity contribution in [1.82, 2.24) is 14.4 Å². The zero-order valence-electron chi connectivity index (χ0n) is 10.2. The molecule has 0 aliphatic carbocycles. The molecule has 0 unspecified atom stereocenters. The fourth-order valence-corrected chi connectivity index (χ4v) is 1.98. The van der Waals surface area contributed by atoms with Crippen LogP contribution in [-0.4, -0.2) is 14.4 Å². The summed E-state index contributed by atoms with van der Waals surface area (Å²) in [6.45, 7) is 2.85. The molecule has 3 aromatic rings. The Bertz CT molecular complexity index is 672. The highest BCUT2D eigenvalue weighted by Gasteiger charge is 2.01. The molecular formula is C14H14N4. The minimum Gasteiger partial charge on any atom is -0.367 e. The minimum absolute atomic E-state index is 0.783. The van der Waals surface area contributed by atoms with Gasteiger partial charge in [-0.2, -0.15) is 0 Å². The van der Waals surface area contributed by atoms with Gasteiger partial charge in [0.1, 0.15) is 11.5 Å². The maximum Gasteiger partial charge on any atom is 0.138 e. The lowest BCUT2D eigenvalue weighted by Crippen LogP contribution is -2.05. The maximum atomic E-state index is 4.26. The van der Waals surface area contributed by atoms with Crippen LogP contribution < -0.4 is 5.32 Å². The summed E-state index contributed by atoms with van der Waals surface area (Å²) in [4.78, 5) is 8.36. The molecule has 0 saturated carbocycles. The summed E-state index contributed by atoms with van der Waals surface area (Å²) in [6.07, 6.45) is 7.46. The van der Waals surface area contributed by atoms with E-state index in [0.29, 0.717) is 0 Å². The third-order valence-electron chi connectivity index (χ3n) is 3.02. The zero-order chi connectivity index (χ0) is 12.4. The summed E-state index contributed by atoms with van der Waals surface area (Å²) in [5.74, 6) is 1.04. The van der Waals surface area contributed by atoms with Crippen molar-refractivity contribution in [1.29, 1.82) is 0 Å².